The third kappa shape index (κ3) is 2.56. The molecule has 0 bridgehead atoms. The van der Waals surface area contributed by atoms with Crippen LogP contribution in [0, 0.1) is 11.6 Å². The standard InChI is InChI=1S/C22H16BrF2NO/c23-15-7-5-14(6-8-15)11-26-12-22(16-3-1-2-4-20(16)26)13-27-21-10-19(25)18(24)9-17(21)22/h1-10H,11-13H2. The van der Waals surface area contributed by atoms with E-state index in [0.717, 1.165) is 27.8 Å². The van der Waals surface area contributed by atoms with Gasteiger partial charge in [0.1, 0.15) is 12.4 Å². The summed E-state index contributed by atoms with van der Waals surface area (Å²) in [7, 11) is 0. The van der Waals surface area contributed by atoms with Gasteiger partial charge in [0.15, 0.2) is 11.6 Å². The van der Waals surface area contributed by atoms with E-state index in [9.17, 15) is 8.78 Å². The molecule has 0 saturated carbocycles. The second kappa shape index (κ2) is 6.06. The second-order valence-corrected chi connectivity index (χ2v) is 8.05. The quantitative estimate of drug-likeness (QED) is 0.540. The molecule has 0 amide bonds. The minimum Gasteiger partial charge on any atom is -0.492 e. The monoisotopic (exact) mass is 427 g/mol. The summed E-state index contributed by atoms with van der Waals surface area (Å²) >= 11 is 3.47. The Morgan fingerprint density at radius 3 is 2.52 bits per heavy atom. The van der Waals surface area contributed by atoms with Crippen molar-refractivity contribution in [1.82, 2.24) is 0 Å². The number of benzene rings is 3. The second-order valence-electron chi connectivity index (χ2n) is 7.13. The topological polar surface area (TPSA) is 12.5 Å². The van der Waals surface area contributed by atoms with Crippen LogP contribution in [0.1, 0.15) is 16.7 Å². The highest BCUT2D eigenvalue weighted by atomic mass is 79.9. The predicted molar refractivity (Wildman–Crippen MR) is 104 cm³/mol. The zero-order chi connectivity index (χ0) is 18.6. The summed E-state index contributed by atoms with van der Waals surface area (Å²) in [5.74, 6) is -1.26. The molecule has 3 aromatic carbocycles. The largest absolute Gasteiger partial charge is 0.492 e. The summed E-state index contributed by atoms with van der Waals surface area (Å²) in [6, 6.07) is 18.8. The summed E-state index contributed by atoms with van der Waals surface area (Å²) in [5.41, 5.74) is 3.66. The molecule has 0 radical (unpaired) electrons. The van der Waals surface area contributed by atoms with E-state index in [0.29, 0.717) is 18.9 Å². The number of fused-ring (bicyclic) bond motifs is 4. The van der Waals surface area contributed by atoms with Crippen LogP contribution in [0.25, 0.3) is 0 Å². The van der Waals surface area contributed by atoms with E-state index >= 15 is 0 Å². The smallest absolute Gasteiger partial charge is 0.162 e. The van der Waals surface area contributed by atoms with E-state index in [-0.39, 0.29) is 0 Å². The lowest BCUT2D eigenvalue weighted by Gasteiger charge is -2.25. The molecule has 5 heteroatoms. The number of hydrogen-bond donors (Lipinski definition) is 0. The highest BCUT2D eigenvalue weighted by Crippen LogP contribution is 2.52. The van der Waals surface area contributed by atoms with Gasteiger partial charge in [-0.05, 0) is 35.4 Å². The molecule has 0 aliphatic carbocycles. The third-order valence-electron chi connectivity index (χ3n) is 5.52. The summed E-state index contributed by atoms with van der Waals surface area (Å²) in [4.78, 5) is 2.29. The van der Waals surface area contributed by atoms with Crippen molar-refractivity contribution in [3.8, 4) is 5.75 Å². The number of para-hydroxylation sites is 1. The van der Waals surface area contributed by atoms with Gasteiger partial charge in [-0.2, -0.15) is 0 Å². The first-order valence-corrected chi connectivity index (χ1v) is 9.57. The lowest BCUT2D eigenvalue weighted by Crippen LogP contribution is -2.36. The first kappa shape index (κ1) is 16.8. The van der Waals surface area contributed by atoms with Gasteiger partial charge in [0, 0.05) is 34.9 Å². The van der Waals surface area contributed by atoms with Crippen LogP contribution in [0.15, 0.2) is 65.1 Å². The molecule has 2 nitrogen and oxygen atoms in total. The van der Waals surface area contributed by atoms with Crippen molar-refractivity contribution in [2.45, 2.75) is 12.0 Å². The Bertz CT molecular complexity index is 1040. The molecule has 136 valence electrons. The summed E-state index contributed by atoms with van der Waals surface area (Å²) in [6.07, 6.45) is 0. The van der Waals surface area contributed by atoms with Crippen molar-refractivity contribution in [2.75, 3.05) is 18.1 Å². The fourth-order valence-electron chi connectivity index (χ4n) is 4.26. The minimum atomic E-state index is -0.871. The third-order valence-corrected chi connectivity index (χ3v) is 6.05. The van der Waals surface area contributed by atoms with E-state index in [1.807, 2.05) is 24.3 Å². The lowest BCUT2D eigenvalue weighted by atomic mass is 9.78. The molecule has 2 aliphatic rings. The molecular weight excluding hydrogens is 412 g/mol. The number of halogens is 3. The number of nitrogens with zero attached hydrogens (tertiary/aromatic N) is 1. The van der Waals surface area contributed by atoms with Gasteiger partial charge in [-0.3, -0.25) is 0 Å². The van der Waals surface area contributed by atoms with Gasteiger partial charge in [-0.1, -0.05) is 46.3 Å². The van der Waals surface area contributed by atoms with Crippen molar-refractivity contribution in [1.29, 1.82) is 0 Å². The Kier molecular flexibility index (Phi) is 3.76. The molecule has 2 aliphatic heterocycles. The van der Waals surface area contributed by atoms with Crippen molar-refractivity contribution >= 4 is 21.6 Å². The highest BCUT2D eigenvalue weighted by molar-refractivity contribution is 9.10. The van der Waals surface area contributed by atoms with E-state index in [1.165, 1.54) is 17.7 Å². The van der Waals surface area contributed by atoms with Gasteiger partial charge in [0.05, 0.1) is 5.41 Å². The fraction of sp³-hybridized carbons (Fsp3) is 0.182. The number of anilines is 1. The maximum absolute atomic E-state index is 14.0. The Hall–Kier alpha value is -2.40. The van der Waals surface area contributed by atoms with Gasteiger partial charge in [0.25, 0.3) is 0 Å². The van der Waals surface area contributed by atoms with Crippen molar-refractivity contribution in [3.05, 3.63) is 93.5 Å². The number of hydrogen-bond acceptors (Lipinski definition) is 2. The Morgan fingerprint density at radius 1 is 0.963 bits per heavy atom. The van der Waals surface area contributed by atoms with E-state index < -0.39 is 17.0 Å². The van der Waals surface area contributed by atoms with Crippen molar-refractivity contribution < 1.29 is 13.5 Å². The van der Waals surface area contributed by atoms with Gasteiger partial charge in [-0.15, -0.1) is 0 Å². The molecule has 0 fully saturated rings. The maximum Gasteiger partial charge on any atom is 0.162 e. The summed E-state index contributed by atoms with van der Waals surface area (Å²) in [6.45, 7) is 1.80. The van der Waals surface area contributed by atoms with Crippen LogP contribution < -0.4 is 9.64 Å². The van der Waals surface area contributed by atoms with Crippen LogP contribution in [0.4, 0.5) is 14.5 Å². The molecule has 27 heavy (non-hydrogen) atoms. The van der Waals surface area contributed by atoms with Crippen LogP contribution in [-0.2, 0) is 12.0 Å². The first-order chi connectivity index (χ1) is 13.1. The predicted octanol–water partition coefficient (Wildman–Crippen LogP) is 5.43. The maximum atomic E-state index is 14.0. The number of ether oxygens (including phenoxy) is 1. The molecule has 1 spiro atoms. The molecule has 1 atom stereocenters. The molecule has 2 heterocycles. The SMILES string of the molecule is Fc1cc2c(cc1F)C1(CO2)CN(Cc2ccc(Br)cc2)c2ccccc21. The van der Waals surface area contributed by atoms with E-state index in [4.69, 9.17) is 4.74 Å². The Balaban J connectivity index is 1.59. The average Bonchev–Trinajstić information content (AvgIpc) is 3.17. The van der Waals surface area contributed by atoms with E-state index in [2.05, 4.69) is 45.1 Å². The Labute approximate surface area is 164 Å². The molecule has 0 saturated heterocycles. The molecule has 0 N–H and O–H groups in total. The normalized spacial score (nSPS) is 19.9. The fourth-order valence-corrected chi connectivity index (χ4v) is 4.52. The summed E-state index contributed by atoms with van der Waals surface area (Å²) < 4.78 is 34.5. The van der Waals surface area contributed by atoms with Crippen LogP contribution in [-0.4, -0.2) is 13.2 Å². The highest BCUT2D eigenvalue weighted by Gasteiger charge is 2.50. The van der Waals surface area contributed by atoms with Crippen LogP contribution >= 0.6 is 15.9 Å². The summed E-state index contributed by atoms with van der Waals surface area (Å²) in [5, 5.41) is 0. The van der Waals surface area contributed by atoms with Gasteiger partial charge in [-0.25, -0.2) is 8.78 Å². The molecular formula is C22H16BrF2NO. The van der Waals surface area contributed by atoms with Crippen LogP contribution in [0.3, 0.4) is 0 Å². The minimum absolute atomic E-state index is 0.388. The van der Waals surface area contributed by atoms with Crippen LogP contribution in [0.5, 0.6) is 5.75 Å². The molecule has 5 rings (SSSR count). The van der Waals surface area contributed by atoms with Crippen molar-refractivity contribution in [2.24, 2.45) is 0 Å². The molecule has 0 aromatic heterocycles. The van der Waals surface area contributed by atoms with Crippen molar-refractivity contribution in [3.63, 3.8) is 0 Å². The lowest BCUT2D eigenvalue weighted by molar-refractivity contribution is 0.298. The average molecular weight is 428 g/mol. The van der Waals surface area contributed by atoms with Gasteiger partial charge in [0.2, 0.25) is 0 Å². The molecule has 3 aromatic rings. The Morgan fingerprint density at radius 2 is 1.70 bits per heavy atom. The molecule has 1 unspecified atom stereocenters. The first-order valence-electron chi connectivity index (χ1n) is 8.78. The number of rotatable bonds is 2. The zero-order valence-electron chi connectivity index (χ0n) is 14.4. The zero-order valence-corrected chi connectivity index (χ0v) is 16.0. The van der Waals surface area contributed by atoms with E-state index in [1.54, 1.807) is 0 Å². The van der Waals surface area contributed by atoms with Gasteiger partial charge < -0.3 is 9.64 Å². The van der Waals surface area contributed by atoms with Gasteiger partial charge >= 0.3 is 0 Å². The van der Waals surface area contributed by atoms with Crippen LogP contribution in [0.2, 0.25) is 0 Å².